The van der Waals surface area contributed by atoms with E-state index in [1.807, 2.05) is 0 Å². The van der Waals surface area contributed by atoms with Crippen molar-refractivity contribution in [3.63, 3.8) is 0 Å². The first-order valence-corrected chi connectivity index (χ1v) is 4.21. The summed E-state index contributed by atoms with van der Waals surface area (Å²) in [7, 11) is 0. The molecular formula is C9H10O4. The van der Waals surface area contributed by atoms with Crippen molar-refractivity contribution in [1.29, 1.82) is 0 Å². The summed E-state index contributed by atoms with van der Waals surface area (Å²) in [5.41, 5.74) is 0. The molecule has 0 aromatic carbocycles. The highest BCUT2D eigenvalue weighted by Gasteiger charge is 2.22. The fourth-order valence-electron chi connectivity index (χ4n) is 0.997. The molecule has 70 valence electrons. The van der Waals surface area contributed by atoms with Gasteiger partial charge in [-0.1, -0.05) is 0 Å². The van der Waals surface area contributed by atoms with Gasteiger partial charge in [0.1, 0.15) is 0 Å². The summed E-state index contributed by atoms with van der Waals surface area (Å²) in [6.07, 6.45) is 2.40. The lowest BCUT2D eigenvalue weighted by molar-refractivity contribution is 0.0653. The molecule has 1 fully saturated rings. The van der Waals surface area contributed by atoms with Crippen molar-refractivity contribution in [3.05, 3.63) is 17.9 Å². The van der Waals surface area contributed by atoms with Gasteiger partial charge in [-0.15, -0.1) is 0 Å². The fourth-order valence-corrected chi connectivity index (χ4v) is 0.997. The van der Waals surface area contributed by atoms with Gasteiger partial charge in [0.25, 0.3) is 5.95 Å². The number of carbonyl (C=O) groups is 1. The van der Waals surface area contributed by atoms with Gasteiger partial charge in [0.05, 0.1) is 6.61 Å². The number of carboxylic acid groups (broad SMARTS) is 1. The maximum atomic E-state index is 10.4. The Hall–Kier alpha value is -1.45. The van der Waals surface area contributed by atoms with Crippen LogP contribution in [-0.4, -0.2) is 17.7 Å². The smallest absolute Gasteiger partial charge is 0.371 e. The first kappa shape index (κ1) is 8.16. The minimum Gasteiger partial charge on any atom is -0.475 e. The van der Waals surface area contributed by atoms with E-state index >= 15 is 0 Å². The Morgan fingerprint density at radius 2 is 2.38 bits per heavy atom. The summed E-state index contributed by atoms with van der Waals surface area (Å²) in [5, 5.41) is 8.54. The molecule has 0 aliphatic heterocycles. The van der Waals surface area contributed by atoms with Crippen LogP contribution in [0.15, 0.2) is 16.5 Å². The summed E-state index contributed by atoms with van der Waals surface area (Å²) in [6.45, 7) is 0.632. The molecule has 1 aliphatic rings. The third-order valence-corrected chi connectivity index (χ3v) is 1.95. The van der Waals surface area contributed by atoms with Crippen LogP contribution in [0.1, 0.15) is 23.4 Å². The molecule has 0 radical (unpaired) electrons. The van der Waals surface area contributed by atoms with Gasteiger partial charge in [-0.25, -0.2) is 4.79 Å². The van der Waals surface area contributed by atoms with Crippen molar-refractivity contribution in [1.82, 2.24) is 0 Å². The molecule has 1 N–H and O–H groups in total. The predicted molar refractivity (Wildman–Crippen MR) is 43.9 cm³/mol. The molecular weight excluding hydrogens is 172 g/mol. The summed E-state index contributed by atoms with van der Waals surface area (Å²) < 4.78 is 10.1. The van der Waals surface area contributed by atoms with Crippen molar-refractivity contribution < 1.29 is 19.1 Å². The van der Waals surface area contributed by atoms with Gasteiger partial charge >= 0.3 is 5.97 Å². The van der Waals surface area contributed by atoms with E-state index in [0.717, 1.165) is 0 Å². The largest absolute Gasteiger partial charge is 0.475 e. The Balaban J connectivity index is 1.92. The van der Waals surface area contributed by atoms with Crippen LogP contribution in [-0.2, 0) is 0 Å². The van der Waals surface area contributed by atoms with Gasteiger partial charge in [-0.3, -0.25) is 0 Å². The van der Waals surface area contributed by atoms with Crippen LogP contribution in [0.3, 0.4) is 0 Å². The first-order chi connectivity index (χ1) is 6.25. The summed E-state index contributed by atoms with van der Waals surface area (Å²) >= 11 is 0. The van der Waals surface area contributed by atoms with Crippen LogP contribution < -0.4 is 4.74 Å². The Morgan fingerprint density at radius 3 is 2.92 bits per heavy atom. The third-order valence-electron chi connectivity index (χ3n) is 1.95. The number of aromatic carboxylic acids is 1. The van der Waals surface area contributed by atoms with E-state index in [9.17, 15) is 4.79 Å². The molecule has 0 bridgehead atoms. The molecule has 0 atom stereocenters. The highest BCUT2D eigenvalue weighted by atomic mass is 16.6. The Bertz CT molecular complexity index is 311. The average Bonchev–Trinajstić information content (AvgIpc) is 2.79. The predicted octanol–water partition coefficient (Wildman–Crippen LogP) is 1.77. The zero-order valence-electron chi connectivity index (χ0n) is 7.03. The van der Waals surface area contributed by atoms with E-state index in [-0.39, 0.29) is 5.76 Å². The van der Waals surface area contributed by atoms with Crippen LogP contribution >= 0.6 is 0 Å². The van der Waals surface area contributed by atoms with E-state index in [4.69, 9.17) is 14.3 Å². The second kappa shape index (κ2) is 3.12. The number of furan rings is 1. The molecule has 0 saturated heterocycles. The molecule has 2 rings (SSSR count). The molecule has 1 saturated carbocycles. The van der Waals surface area contributed by atoms with Gasteiger partial charge in [-0.05, 0) is 24.8 Å². The van der Waals surface area contributed by atoms with E-state index in [0.29, 0.717) is 18.5 Å². The SMILES string of the molecule is O=C(O)c1ccc(OCC2CC2)o1. The molecule has 1 aromatic heterocycles. The Labute approximate surface area is 75.1 Å². The molecule has 4 heteroatoms. The third kappa shape index (κ3) is 2.02. The standard InChI is InChI=1S/C9H10O4/c10-9(11)7-3-4-8(13-7)12-5-6-1-2-6/h3-4,6H,1-2,5H2,(H,10,11). The topological polar surface area (TPSA) is 59.7 Å². The zero-order chi connectivity index (χ0) is 9.26. The molecule has 1 aliphatic carbocycles. The van der Waals surface area contributed by atoms with Crippen molar-refractivity contribution in [2.24, 2.45) is 5.92 Å². The second-order valence-electron chi connectivity index (χ2n) is 3.18. The molecule has 13 heavy (non-hydrogen) atoms. The number of ether oxygens (including phenoxy) is 1. The lowest BCUT2D eigenvalue weighted by atomic mass is 10.4. The lowest BCUT2D eigenvalue weighted by Crippen LogP contribution is -1.97. The number of hydrogen-bond acceptors (Lipinski definition) is 3. The van der Waals surface area contributed by atoms with Gasteiger partial charge in [0.15, 0.2) is 0 Å². The monoisotopic (exact) mass is 182 g/mol. The maximum absolute atomic E-state index is 10.4. The second-order valence-corrected chi connectivity index (χ2v) is 3.18. The molecule has 0 spiro atoms. The van der Waals surface area contributed by atoms with Crippen molar-refractivity contribution in [3.8, 4) is 5.95 Å². The normalized spacial score (nSPS) is 15.7. The quantitative estimate of drug-likeness (QED) is 0.770. The summed E-state index contributed by atoms with van der Waals surface area (Å²) in [5.74, 6) is -0.213. The molecule has 4 nitrogen and oxygen atoms in total. The van der Waals surface area contributed by atoms with Gasteiger partial charge in [-0.2, -0.15) is 0 Å². The van der Waals surface area contributed by atoms with Crippen molar-refractivity contribution in [2.75, 3.05) is 6.61 Å². The highest BCUT2D eigenvalue weighted by molar-refractivity contribution is 5.84. The first-order valence-electron chi connectivity index (χ1n) is 4.21. The van der Waals surface area contributed by atoms with Gasteiger partial charge < -0.3 is 14.3 Å². The van der Waals surface area contributed by atoms with E-state index in [1.54, 1.807) is 0 Å². The number of hydrogen-bond donors (Lipinski definition) is 1. The van der Waals surface area contributed by atoms with Gasteiger partial charge in [0, 0.05) is 6.07 Å². The van der Waals surface area contributed by atoms with Crippen LogP contribution in [0.2, 0.25) is 0 Å². The van der Waals surface area contributed by atoms with Crippen molar-refractivity contribution >= 4 is 5.97 Å². The number of rotatable bonds is 4. The minimum atomic E-state index is -1.07. The van der Waals surface area contributed by atoms with Crippen LogP contribution in [0, 0.1) is 5.92 Å². The fraction of sp³-hybridized carbons (Fsp3) is 0.444. The van der Waals surface area contributed by atoms with E-state index in [1.165, 1.54) is 25.0 Å². The Kier molecular flexibility index (Phi) is 1.96. The summed E-state index contributed by atoms with van der Waals surface area (Å²) in [6, 6.07) is 2.93. The molecule has 1 aromatic rings. The van der Waals surface area contributed by atoms with Crippen molar-refractivity contribution in [2.45, 2.75) is 12.8 Å². The highest BCUT2D eigenvalue weighted by Crippen LogP contribution is 2.29. The lowest BCUT2D eigenvalue weighted by Gasteiger charge is -1.98. The minimum absolute atomic E-state index is 0.0780. The molecule has 0 unspecified atom stereocenters. The number of carboxylic acids is 1. The summed E-state index contributed by atoms with van der Waals surface area (Å²) in [4.78, 5) is 10.4. The molecule has 1 heterocycles. The average molecular weight is 182 g/mol. The van der Waals surface area contributed by atoms with E-state index in [2.05, 4.69) is 0 Å². The van der Waals surface area contributed by atoms with E-state index < -0.39 is 5.97 Å². The maximum Gasteiger partial charge on any atom is 0.371 e. The molecule has 0 amide bonds. The van der Waals surface area contributed by atoms with Crippen LogP contribution in [0.4, 0.5) is 0 Å². The van der Waals surface area contributed by atoms with Crippen LogP contribution in [0.25, 0.3) is 0 Å². The zero-order valence-corrected chi connectivity index (χ0v) is 7.03. The van der Waals surface area contributed by atoms with Gasteiger partial charge in [0.2, 0.25) is 5.76 Å². The Morgan fingerprint density at radius 1 is 1.62 bits per heavy atom. The van der Waals surface area contributed by atoms with Crippen LogP contribution in [0.5, 0.6) is 5.95 Å².